The molecule has 0 saturated heterocycles. The number of nitrogens with zero attached hydrogens (tertiary/aromatic N) is 4. The van der Waals surface area contributed by atoms with Crippen LogP contribution >= 0.6 is 24.0 Å². The lowest BCUT2D eigenvalue weighted by Gasteiger charge is -2.13. The number of hydrogen-bond donors (Lipinski definition) is 2. The average molecular weight is 548 g/mol. The number of guanidine groups is 1. The van der Waals surface area contributed by atoms with Crippen molar-refractivity contribution in [1.82, 2.24) is 25.6 Å². The monoisotopic (exact) mass is 548 g/mol. The van der Waals surface area contributed by atoms with E-state index in [0.717, 1.165) is 24.3 Å². The lowest BCUT2D eigenvalue weighted by atomic mass is 10.1. The number of furan rings is 1. The van der Waals surface area contributed by atoms with E-state index >= 15 is 0 Å². The van der Waals surface area contributed by atoms with Gasteiger partial charge in [-0.15, -0.1) is 29.1 Å². The predicted molar refractivity (Wildman–Crippen MR) is 121 cm³/mol. The number of aromatic nitrogens is 3. The summed E-state index contributed by atoms with van der Waals surface area (Å²) in [6.07, 6.45) is 2.08. The van der Waals surface area contributed by atoms with Gasteiger partial charge in [0.1, 0.15) is 5.76 Å². The number of aliphatic imine (C=N–C) groups is 1. The molecule has 168 valence electrons. The number of hydrogen-bond acceptors (Lipinski definition) is 4. The molecule has 0 radical (unpaired) electrons. The van der Waals surface area contributed by atoms with Crippen LogP contribution in [-0.2, 0) is 25.7 Å². The van der Waals surface area contributed by atoms with Gasteiger partial charge in [0.2, 0.25) is 0 Å². The summed E-state index contributed by atoms with van der Waals surface area (Å²) < 4.78 is 45.8. The molecule has 0 fully saturated rings. The fraction of sp³-hybridized carbons (Fsp3) is 0.350. The number of nitrogens with one attached hydrogen (secondary N) is 2. The van der Waals surface area contributed by atoms with Gasteiger partial charge in [0.15, 0.2) is 5.96 Å². The van der Waals surface area contributed by atoms with Crippen molar-refractivity contribution in [3.8, 4) is 0 Å². The van der Waals surface area contributed by atoms with Crippen LogP contribution in [0, 0.1) is 0 Å². The van der Waals surface area contributed by atoms with Gasteiger partial charge in [-0.2, -0.15) is 13.2 Å². The molecular weight excluding hydrogens is 524 g/mol. The van der Waals surface area contributed by atoms with Gasteiger partial charge in [0.05, 0.1) is 24.6 Å². The summed E-state index contributed by atoms with van der Waals surface area (Å²) in [5.41, 5.74) is -0.192. The molecule has 0 bridgehead atoms. The summed E-state index contributed by atoms with van der Waals surface area (Å²) in [5, 5.41) is 14.1. The van der Waals surface area contributed by atoms with E-state index in [2.05, 4.69) is 25.9 Å². The van der Waals surface area contributed by atoms with Gasteiger partial charge in [-0.1, -0.05) is 17.3 Å². The van der Waals surface area contributed by atoms with E-state index in [1.807, 2.05) is 12.1 Å². The molecule has 11 heteroatoms. The van der Waals surface area contributed by atoms with Crippen molar-refractivity contribution in [2.45, 2.75) is 32.1 Å². The lowest BCUT2D eigenvalue weighted by Crippen LogP contribution is -2.39. The van der Waals surface area contributed by atoms with Crippen LogP contribution < -0.4 is 10.6 Å². The van der Waals surface area contributed by atoms with Crippen molar-refractivity contribution >= 4 is 29.9 Å². The molecular formula is C20H24F3IN6O. The van der Waals surface area contributed by atoms with Gasteiger partial charge in [-0.3, -0.25) is 4.68 Å². The predicted octanol–water partition coefficient (Wildman–Crippen LogP) is 3.88. The van der Waals surface area contributed by atoms with Crippen LogP contribution in [0.15, 0.2) is 64.5 Å². The van der Waals surface area contributed by atoms with Crippen LogP contribution in [0.1, 0.15) is 23.3 Å². The van der Waals surface area contributed by atoms with Gasteiger partial charge in [0, 0.05) is 32.3 Å². The van der Waals surface area contributed by atoms with Crippen molar-refractivity contribution in [2.75, 3.05) is 13.1 Å². The average Bonchev–Trinajstić information content (AvgIpc) is 3.42. The highest BCUT2D eigenvalue weighted by Gasteiger charge is 2.30. The molecule has 3 rings (SSSR count). The first-order valence-electron chi connectivity index (χ1n) is 9.55. The van der Waals surface area contributed by atoms with E-state index < -0.39 is 11.7 Å². The Kier molecular flexibility index (Phi) is 9.82. The maximum Gasteiger partial charge on any atom is 0.416 e. The van der Waals surface area contributed by atoms with Gasteiger partial charge < -0.3 is 15.1 Å². The minimum atomic E-state index is -4.37. The molecule has 2 aromatic heterocycles. The Morgan fingerprint density at radius 2 is 1.97 bits per heavy atom. The fourth-order valence-corrected chi connectivity index (χ4v) is 2.75. The molecule has 31 heavy (non-hydrogen) atoms. The zero-order valence-electron chi connectivity index (χ0n) is 16.7. The first-order valence-corrected chi connectivity index (χ1v) is 9.55. The zero-order chi connectivity index (χ0) is 21.2. The fourth-order valence-electron chi connectivity index (χ4n) is 2.75. The SMILES string of the molecule is FC(F)(F)c1cccc(CN=C(NCCCn2ccnn2)NCCc2ccco2)c1.I. The van der Waals surface area contributed by atoms with Gasteiger partial charge in [0.25, 0.3) is 0 Å². The Labute approximate surface area is 195 Å². The first kappa shape index (κ1) is 24.7. The number of rotatable bonds is 9. The molecule has 2 N–H and O–H groups in total. The lowest BCUT2D eigenvalue weighted by molar-refractivity contribution is -0.137. The summed E-state index contributed by atoms with van der Waals surface area (Å²) in [6.45, 7) is 2.02. The normalized spacial score (nSPS) is 11.8. The topological polar surface area (TPSA) is 80.3 Å². The minimum Gasteiger partial charge on any atom is -0.469 e. The zero-order valence-corrected chi connectivity index (χ0v) is 19.0. The molecule has 0 spiro atoms. The van der Waals surface area contributed by atoms with Crippen LogP contribution in [0.5, 0.6) is 0 Å². The second kappa shape index (κ2) is 12.3. The highest BCUT2D eigenvalue weighted by atomic mass is 127. The summed E-state index contributed by atoms with van der Waals surface area (Å²) >= 11 is 0. The molecule has 0 atom stereocenters. The smallest absolute Gasteiger partial charge is 0.416 e. The summed E-state index contributed by atoms with van der Waals surface area (Å²) in [4.78, 5) is 4.43. The quantitative estimate of drug-likeness (QED) is 0.184. The highest BCUT2D eigenvalue weighted by molar-refractivity contribution is 14.0. The van der Waals surface area contributed by atoms with E-state index in [4.69, 9.17) is 4.42 Å². The van der Waals surface area contributed by atoms with Gasteiger partial charge in [-0.05, 0) is 36.2 Å². The van der Waals surface area contributed by atoms with Gasteiger partial charge >= 0.3 is 6.18 Å². The molecule has 0 unspecified atom stereocenters. The van der Waals surface area contributed by atoms with E-state index in [9.17, 15) is 13.2 Å². The molecule has 2 heterocycles. The van der Waals surface area contributed by atoms with Crippen LogP contribution in [0.2, 0.25) is 0 Å². The molecule has 0 aliphatic heterocycles. The Balaban J connectivity index is 0.00000341. The number of alkyl halides is 3. The second-order valence-electron chi connectivity index (χ2n) is 6.57. The molecule has 7 nitrogen and oxygen atoms in total. The van der Waals surface area contributed by atoms with Crippen molar-refractivity contribution in [3.63, 3.8) is 0 Å². The molecule has 0 amide bonds. The number of halogens is 4. The van der Waals surface area contributed by atoms with E-state index in [1.54, 1.807) is 29.4 Å². The van der Waals surface area contributed by atoms with Crippen LogP contribution in [0.4, 0.5) is 13.2 Å². The minimum absolute atomic E-state index is 0. The standard InChI is InChI=1S/C20H23F3N6O.HI/c21-20(22,23)17-5-1-4-16(14-17)15-26-19(25-9-7-18-6-2-13-30-18)24-8-3-11-29-12-10-27-28-29;/h1-2,4-6,10,12-14H,3,7-9,11,15H2,(H2,24,25,26);1H. The van der Waals surface area contributed by atoms with Gasteiger partial charge in [-0.25, -0.2) is 4.99 Å². The summed E-state index contributed by atoms with van der Waals surface area (Å²) in [6, 6.07) is 8.90. The van der Waals surface area contributed by atoms with Crippen molar-refractivity contribution in [2.24, 2.45) is 4.99 Å². The maximum atomic E-state index is 12.9. The largest absolute Gasteiger partial charge is 0.469 e. The molecule has 0 aliphatic rings. The third-order valence-corrected chi connectivity index (χ3v) is 4.25. The number of aryl methyl sites for hydroxylation is 1. The third kappa shape index (κ3) is 8.59. The highest BCUT2D eigenvalue weighted by Crippen LogP contribution is 2.29. The Bertz CT molecular complexity index is 913. The van der Waals surface area contributed by atoms with Crippen LogP contribution in [0.25, 0.3) is 0 Å². The van der Waals surface area contributed by atoms with Crippen LogP contribution in [-0.4, -0.2) is 34.0 Å². The Morgan fingerprint density at radius 3 is 2.68 bits per heavy atom. The molecule has 1 aromatic carbocycles. The van der Waals surface area contributed by atoms with Crippen molar-refractivity contribution < 1.29 is 17.6 Å². The maximum absolute atomic E-state index is 12.9. The first-order chi connectivity index (χ1) is 14.5. The second-order valence-corrected chi connectivity index (χ2v) is 6.57. The number of benzene rings is 1. The summed E-state index contributed by atoms with van der Waals surface area (Å²) in [7, 11) is 0. The third-order valence-electron chi connectivity index (χ3n) is 4.25. The van der Waals surface area contributed by atoms with Crippen molar-refractivity contribution in [3.05, 3.63) is 71.9 Å². The molecule has 0 aliphatic carbocycles. The summed E-state index contributed by atoms with van der Waals surface area (Å²) in [5.74, 6) is 1.36. The molecule has 3 aromatic rings. The van der Waals surface area contributed by atoms with Crippen molar-refractivity contribution in [1.29, 1.82) is 0 Å². The molecule has 0 saturated carbocycles. The Hall–Kier alpha value is -2.57. The van der Waals surface area contributed by atoms with Crippen LogP contribution in [0.3, 0.4) is 0 Å². The van der Waals surface area contributed by atoms with E-state index in [1.165, 1.54) is 6.07 Å². The Morgan fingerprint density at radius 1 is 1.13 bits per heavy atom. The van der Waals surface area contributed by atoms with E-state index in [0.29, 0.717) is 37.6 Å². The van der Waals surface area contributed by atoms with E-state index in [-0.39, 0.29) is 30.5 Å².